The lowest BCUT2D eigenvalue weighted by Crippen LogP contribution is -2.17. The van der Waals surface area contributed by atoms with Crippen molar-refractivity contribution in [3.8, 4) is 6.07 Å². The molecule has 0 unspecified atom stereocenters. The van der Waals surface area contributed by atoms with Gasteiger partial charge in [0.2, 0.25) is 0 Å². The van der Waals surface area contributed by atoms with E-state index in [0.29, 0.717) is 33.5 Å². The van der Waals surface area contributed by atoms with Crippen molar-refractivity contribution in [2.75, 3.05) is 12.4 Å². The Bertz CT molecular complexity index is 889. The summed E-state index contributed by atoms with van der Waals surface area (Å²) in [5.41, 5.74) is 1.29. The fourth-order valence-electron chi connectivity index (χ4n) is 2.11. The second-order valence-electron chi connectivity index (χ2n) is 5.23. The van der Waals surface area contributed by atoms with Crippen LogP contribution in [0.2, 0.25) is 0 Å². The molecule has 27 heavy (non-hydrogen) atoms. The van der Waals surface area contributed by atoms with Crippen molar-refractivity contribution in [3.63, 3.8) is 0 Å². The van der Waals surface area contributed by atoms with Crippen LogP contribution in [0.5, 0.6) is 0 Å². The van der Waals surface area contributed by atoms with Crippen molar-refractivity contribution < 1.29 is 18.4 Å². The predicted octanol–water partition coefficient (Wildman–Crippen LogP) is 3.91. The van der Waals surface area contributed by atoms with Gasteiger partial charge < -0.3 is 10.6 Å². The van der Waals surface area contributed by atoms with Crippen molar-refractivity contribution in [1.29, 1.82) is 5.26 Å². The average molecular weight is 387 g/mol. The molecule has 5 nitrogen and oxygen atoms in total. The molecular formula is C19H15F2N3O2S. The van der Waals surface area contributed by atoms with E-state index in [9.17, 15) is 23.6 Å². The number of amides is 2. The van der Waals surface area contributed by atoms with E-state index in [0.717, 1.165) is 0 Å². The van der Waals surface area contributed by atoms with Crippen molar-refractivity contribution >= 4 is 35.3 Å². The summed E-state index contributed by atoms with van der Waals surface area (Å²) in [6.45, 7) is 0. The van der Waals surface area contributed by atoms with Crippen molar-refractivity contribution in [3.05, 3.63) is 65.2 Å². The van der Waals surface area contributed by atoms with Crippen LogP contribution in [0.15, 0.2) is 59.0 Å². The summed E-state index contributed by atoms with van der Waals surface area (Å²) >= 11 is 0.405. The van der Waals surface area contributed by atoms with Gasteiger partial charge in [-0.1, -0.05) is 23.9 Å². The molecule has 0 aliphatic carbocycles. The van der Waals surface area contributed by atoms with Crippen molar-refractivity contribution in [1.82, 2.24) is 5.32 Å². The lowest BCUT2D eigenvalue weighted by atomic mass is 10.1. The van der Waals surface area contributed by atoms with Crippen LogP contribution in [0.1, 0.15) is 15.9 Å². The Morgan fingerprint density at radius 2 is 1.74 bits per heavy atom. The quantitative estimate of drug-likeness (QED) is 0.447. The first-order valence-corrected chi connectivity index (χ1v) is 8.61. The Morgan fingerprint density at radius 3 is 2.26 bits per heavy atom. The Kier molecular flexibility index (Phi) is 7.08. The maximum absolute atomic E-state index is 12.3. The number of rotatable bonds is 6. The van der Waals surface area contributed by atoms with E-state index < -0.39 is 11.7 Å². The topological polar surface area (TPSA) is 82.0 Å². The molecule has 0 aromatic heterocycles. The summed E-state index contributed by atoms with van der Waals surface area (Å²) < 4.78 is 24.6. The van der Waals surface area contributed by atoms with Crippen LogP contribution in [0.25, 0.3) is 6.08 Å². The maximum atomic E-state index is 12.3. The summed E-state index contributed by atoms with van der Waals surface area (Å²) in [5, 5.41) is 14.3. The van der Waals surface area contributed by atoms with Crippen LogP contribution in [0, 0.1) is 11.3 Å². The highest BCUT2D eigenvalue weighted by Crippen LogP contribution is 2.26. The maximum Gasteiger partial charge on any atom is 0.288 e. The van der Waals surface area contributed by atoms with E-state index in [4.69, 9.17) is 0 Å². The van der Waals surface area contributed by atoms with Crippen molar-refractivity contribution in [2.24, 2.45) is 0 Å². The lowest BCUT2D eigenvalue weighted by molar-refractivity contribution is -0.112. The average Bonchev–Trinajstić information content (AvgIpc) is 2.67. The number of hydrogen-bond donors (Lipinski definition) is 2. The molecule has 0 spiro atoms. The Morgan fingerprint density at radius 1 is 1.11 bits per heavy atom. The number of nitrogens with one attached hydrogen (secondary N) is 2. The Hall–Kier alpha value is -3.18. The molecule has 0 aliphatic heterocycles. The third-order valence-electron chi connectivity index (χ3n) is 3.41. The standard InChI is InChI=1S/C19H15F2N3O2S/c1-23-17(25)13-4-2-12(3-5-13)10-14(11-22)18(26)24-15-6-8-16(9-7-15)27-19(20)21/h2-10,19H,1H3,(H,23,25)(H,24,26)/b14-10-. The minimum absolute atomic E-state index is 0.131. The second-order valence-corrected chi connectivity index (χ2v) is 6.29. The molecule has 2 amide bonds. The molecule has 0 radical (unpaired) electrons. The number of nitriles is 1. The van der Waals surface area contributed by atoms with Crippen molar-refractivity contribution in [2.45, 2.75) is 10.7 Å². The van der Waals surface area contributed by atoms with Crippen LogP contribution in [0.3, 0.4) is 0 Å². The highest BCUT2D eigenvalue weighted by atomic mass is 32.2. The van der Waals surface area contributed by atoms with Gasteiger partial charge in [-0.15, -0.1) is 0 Å². The van der Waals surface area contributed by atoms with E-state index in [1.165, 1.54) is 37.4 Å². The van der Waals surface area contributed by atoms with Crippen LogP contribution < -0.4 is 10.6 Å². The number of hydrogen-bond acceptors (Lipinski definition) is 4. The molecule has 0 aliphatic rings. The number of nitrogens with zero attached hydrogens (tertiary/aromatic N) is 1. The van der Waals surface area contributed by atoms with Gasteiger partial charge in [-0.2, -0.15) is 14.0 Å². The molecule has 0 saturated carbocycles. The molecule has 0 fully saturated rings. The summed E-state index contributed by atoms with van der Waals surface area (Å²) in [5.74, 6) is -3.38. The molecule has 2 N–H and O–H groups in total. The summed E-state index contributed by atoms with van der Waals surface area (Å²) in [6, 6.07) is 14.1. The van der Waals surface area contributed by atoms with Crippen LogP contribution in [-0.2, 0) is 4.79 Å². The zero-order valence-electron chi connectivity index (χ0n) is 14.2. The number of anilines is 1. The molecule has 0 saturated heterocycles. The second kappa shape index (κ2) is 9.50. The number of halogens is 2. The van der Waals surface area contributed by atoms with Crippen LogP contribution in [-0.4, -0.2) is 24.6 Å². The fraction of sp³-hybridized carbons (Fsp3) is 0.105. The summed E-state index contributed by atoms with van der Waals surface area (Å²) in [4.78, 5) is 24.1. The number of carbonyl (C=O) groups excluding carboxylic acids is 2. The van der Waals surface area contributed by atoms with Gasteiger partial charge in [-0.3, -0.25) is 9.59 Å². The number of alkyl halides is 2. The first kappa shape index (κ1) is 20.1. The molecule has 2 aromatic carbocycles. The van der Waals surface area contributed by atoms with Gasteiger partial charge in [0.25, 0.3) is 17.6 Å². The number of benzene rings is 2. The Balaban J connectivity index is 2.10. The van der Waals surface area contributed by atoms with E-state index in [1.54, 1.807) is 24.3 Å². The normalized spacial score (nSPS) is 11.0. The zero-order chi connectivity index (χ0) is 19.8. The van der Waals surface area contributed by atoms with Gasteiger partial charge >= 0.3 is 0 Å². The predicted molar refractivity (Wildman–Crippen MR) is 100 cm³/mol. The minimum Gasteiger partial charge on any atom is -0.355 e. The number of carbonyl (C=O) groups is 2. The minimum atomic E-state index is -2.52. The summed E-state index contributed by atoms with van der Waals surface area (Å²) in [6.07, 6.45) is 1.39. The van der Waals surface area contributed by atoms with Gasteiger partial charge in [-0.25, -0.2) is 0 Å². The largest absolute Gasteiger partial charge is 0.355 e. The highest BCUT2D eigenvalue weighted by Gasteiger charge is 2.11. The molecule has 138 valence electrons. The SMILES string of the molecule is CNC(=O)c1ccc(/C=C(/C#N)C(=O)Nc2ccc(SC(F)F)cc2)cc1. The van der Waals surface area contributed by atoms with E-state index in [-0.39, 0.29) is 11.5 Å². The van der Waals surface area contributed by atoms with Gasteiger partial charge in [0.1, 0.15) is 11.6 Å². The van der Waals surface area contributed by atoms with Gasteiger partial charge in [0.05, 0.1) is 0 Å². The van der Waals surface area contributed by atoms with Gasteiger partial charge in [0.15, 0.2) is 0 Å². The van der Waals surface area contributed by atoms with E-state index in [1.807, 2.05) is 6.07 Å². The molecule has 2 aromatic rings. The monoisotopic (exact) mass is 387 g/mol. The van der Waals surface area contributed by atoms with E-state index in [2.05, 4.69) is 10.6 Å². The van der Waals surface area contributed by atoms with Gasteiger partial charge in [-0.05, 0) is 48.0 Å². The third kappa shape index (κ3) is 5.94. The molecule has 2 rings (SSSR count). The molecule has 0 heterocycles. The first-order valence-electron chi connectivity index (χ1n) is 7.73. The zero-order valence-corrected chi connectivity index (χ0v) is 15.0. The molecule has 0 bridgehead atoms. The van der Waals surface area contributed by atoms with Gasteiger partial charge in [0, 0.05) is 23.2 Å². The molecule has 0 atom stereocenters. The van der Waals surface area contributed by atoms with Crippen LogP contribution in [0.4, 0.5) is 14.5 Å². The lowest BCUT2D eigenvalue weighted by Gasteiger charge is -2.06. The summed E-state index contributed by atoms with van der Waals surface area (Å²) in [7, 11) is 1.52. The van der Waals surface area contributed by atoms with Crippen LogP contribution >= 0.6 is 11.8 Å². The third-order valence-corrected chi connectivity index (χ3v) is 4.14. The Labute approximate surface area is 159 Å². The fourth-order valence-corrected chi connectivity index (χ4v) is 2.61. The highest BCUT2D eigenvalue weighted by molar-refractivity contribution is 7.99. The molecule has 8 heteroatoms. The molecular weight excluding hydrogens is 372 g/mol. The smallest absolute Gasteiger partial charge is 0.288 e. The van der Waals surface area contributed by atoms with E-state index >= 15 is 0 Å². The first-order chi connectivity index (χ1) is 12.9. The number of thioether (sulfide) groups is 1.